The van der Waals surface area contributed by atoms with E-state index in [0.717, 1.165) is 18.2 Å². The monoisotopic (exact) mass is 345 g/mol. The van der Waals surface area contributed by atoms with E-state index >= 15 is 0 Å². The molecule has 2 rings (SSSR count). The Morgan fingerprint density at radius 3 is 2.52 bits per heavy atom. The van der Waals surface area contributed by atoms with Gasteiger partial charge < -0.3 is 15.2 Å². The van der Waals surface area contributed by atoms with E-state index in [1.165, 1.54) is 25.3 Å². The molecule has 0 aliphatic heterocycles. The van der Waals surface area contributed by atoms with Gasteiger partial charge in [0.2, 0.25) is 0 Å². The molecule has 23 heavy (non-hydrogen) atoms. The van der Waals surface area contributed by atoms with E-state index in [-0.39, 0.29) is 27.8 Å². The minimum Gasteiger partial charge on any atom is -0.507 e. The molecule has 2 aromatic carbocycles. The minimum atomic E-state index is -4.57. The van der Waals surface area contributed by atoms with Crippen LogP contribution in [0.1, 0.15) is 15.9 Å². The Hall–Kier alpha value is -2.41. The Kier molecular flexibility index (Phi) is 4.70. The molecule has 2 N–H and O–H groups in total. The number of rotatable bonds is 3. The summed E-state index contributed by atoms with van der Waals surface area (Å²) in [6.07, 6.45) is -4.57. The zero-order valence-electron chi connectivity index (χ0n) is 11.7. The van der Waals surface area contributed by atoms with Crippen molar-refractivity contribution < 1.29 is 27.8 Å². The fourth-order valence-corrected chi connectivity index (χ4v) is 2.03. The first kappa shape index (κ1) is 17.0. The maximum Gasteiger partial charge on any atom is 0.416 e. The van der Waals surface area contributed by atoms with E-state index in [0.29, 0.717) is 0 Å². The summed E-state index contributed by atoms with van der Waals surface area (Å²) in [4.78, 5) is 12.1. The third-order valence-corrected chi connectivity index (χ3v) is 3.21. The Morgan fingerprint density at radius 1 is 1.22 bits per heavy atom. The quantitative estimate of drug-likeness (QED) is 0.870. The molecule has 0 fully saturated rings. The first-order valence-corrected chi connectivity index (χ1v) is 6.65. The van der Waals surface area contributed by atoms with Crippen LogP contribution in [-0.4, -0.2) is 18.1 Å². The highest BCUT2D eigenvalue weighted by molar-refractivity contribution is 6.31. The number of anilines is 1. The summed E-state index contributed by atoms with van der Waals surface area (Å²) >= 11 is 5.74. The second-order valence-corrected chi connectivity index (χ2v) is 4.96. The zero-order chi connectivity index (χ0) is 17.2. The lowest BCUT2D eigenvalue weighted by Gasteiger charge is -2.14. The van der Waals surface area contributed by atoms with E-state index in [4.69, 9.17) is 16.3 Å². The van der Waals surface area contributed by atoms with Crippen LogP contribution in [0.25, 0.3) is 0 Å². The molecule has 0 aliphatic rings. The van der Waals surface area contributed by atoms with Gasteiger partial charge in [0.1, 0.15) is 11.5 Å². The molecule has 0 aromatic heterocycles. The molecule has 0 aliphatic carbocycles. The number of alkyl halides is 3. The number of methoxy groups -OCH3 is 1. The number of phenolic OH excluding ortho intramolecular Hbond substituents is 1. The van der Waals surface area contributed by atoms with Gasteiger partial charge in [-0.3, -0.25) is 4.79 Å². The Bertz CT molecular complexity index is 747. The number of benzene rings is 2. The highest BCUT2D eigenvalue weighted by Crippen LogP contribution is 2.35. The summed E-state index contributed by atoms with van der Waals surface area (Å²) in [5.74, 6) is -1.12. The van der Waals surface area contributed by atoms with Gasteiger partial charge in [-0.05, 0) is 36.4 Å². The maximum absolute atomic E-state index is 12.8. The highest BCUT2D eigenvalue weighted by Gasteiger charge is 2.31. The molecule has 0 heterocycles. The van der Waals surface area contributed by atoms with Crippen molar-refractivity contribution in [2.75, 3.05) is 12.4 Å². The third kappa shape index (κ3) is 3.87. The fraction of sp³-hybridized carbons (Fsp3) is 0.133. The molecule has 4 nitrogen and oxygen atoms in total. The molecule has 0 unspecified atom stereocenters. The Labute approximate surface area is 134 Å². The predicted octanol–water partition coefficient (Wildman–Crippen LogP) is 4.33. The van der Waals surface area contributed by atoms with Crippen molar-refractivity contribution in [3.8, 4) is 11.5 Å². The fourth-order valence-electron chi connectivity index (χ4n) is 1.86. The molecule has 1 amide bonds. The Balaban J connectivity index is 2.38. The van der Waals surface area contributed by atoms with Crippen LogP contribution in [0.5, 0.6) is 11.5 Å². The van der Waals surface area contributed by atoms with E-state index in [1.807, 2.05) is 0 Å². The number of ether oxygens (including phenoxy) is 1. The first-order chi connectivity index (χ1) is 10.7. The van der Waals surface area contributed by atoms with Gasteiger partial charge in [-0.2, -0.15) is 13.2 Å². The summed E-state index contributed by atoms with van der Waals surface area (Å²) in [5.41, 5.74) is -1.28. The molecular weight excluding hydrogens is 335 g/mol. The molecule has 8 heteroatoms. The molecule has 0 spiro atoms. The van der Waals surface area contributed by atoms with Gasteiger partial charge in [-0.15, -0.1) is 0 Å². The maximum atomic E-state index is 12.8. The number of carbonyl (C=O) groups excluding carboxylic acids is 1. The van der Waals surface area contributed by atoms with Crippen LogP contribution in [0.4, 0.5) is 18.9 Å². The molecule has 2 aromatic rings. The van der Waals surface area contributed by atoms with Crippen molar-refractivity contribution in [2.24, 2.45) is 0 Å². The van der Waals surface area contributed by atoms with Gasteiger partial charge >= 0.3 is 6.18 Å². The second-order valence-electron chi connectivity index (χ2n) is 4.53. The molecule has 0 saturated carbocycles. The van der Waals surface area contributed by atoms with Crippen molar-refractivity contribution >= 4 is 23.2 Å². The van der Waals surface area contributed by atoms with Crippen molar-refractivity contribution in [1.82, 2.24) is 0 Å². The minimum absolute atomic E-state index is 0.0490. The summed E-state index contributed by atoms with van der Waals surface area (Å²) < 4.78 is 43.2. The van der Waals surface area contributed by atoms with E-state index < -0.39 is 17.6 Å². The third-order valence-electron chi connectivity index (χ3n) is 2.98. The number of hydrogen-bond acceptors (Lipinski definition) is 3. The molecule has 0 radical (unpaired) electrons. The lowest BCUT2D eigenvalue weighted by atomic mass is 10.1. The zero-order valence-corrected chi connectivity index (χ0v) is 12.5. The number of hydrogen-bond donors (Lipinski definition) is 2. The number of halogens is 4. The topological polar surface area (TPSA) is 58.6 Å². The van der Waals surface area contributed by atoms with Gasteiger partial charge in [0, 0.05) is 5.02 Å². The predicted molar refractivity (Wildman–Crippen MR) is 79.1 cm³/mol. The normalized spacial score (nSPS) is 11.2. The van der Waals surface area contributed by atoms with E-state index in [9.17, 15) is 23.1 Å². The van der Waals surface area contributed by atoms with Crippen LogP contribution in [0.15, 0.2) is 36.4 Å². The number of phenols is 1. The van der Waals surface area contributed by atoms with Crippen LogP contribution >= 0.6 is 11.6 Å². The van der Waals surface area contributed by atoms with Crippen molar-refractivity contribution in [1.29, 1.82) is 0 Å². The first-order valence-electron chi connectivity index (χ1n) is 6.27. The summed E-state index contributed by atoms with van der Waals surface area (Å²) in [7, 11) is 1.26. The van der Waals surface area contributed by atoms with Crippen LogP contribution < -0.4 is 10.1 Å². The summed E-state index contributed by atoms with van der Waals surface area (Å²) in [6, 6.07) is 6.46. The average molecular weight is 346 g/mol. The van der Waals surface area contributed by atoms with E-state index in [2.05, 4.69) is 5.32 Å². The molecule has 0 saturated heterocycles. The van der Waals surface area contributed by atoms with Crippen LogP contribution in [0.3, 0.4) is 0 Å². The standard InChI is InChI=1S/C15H11ClF3NO3/c1-23-13-5-2-8(15(17,18)19)6-11(13)20-14(22)10-7-9(16)3-4-12(10)21/h2-7,21H,1H3,(H,20,22). The lowest BCUT2D eigenvalue weighted by Crippen LogP contribution is -2.14. The largest absolute Gasteiger partial charge is 0.507 e. The molecule has 122 valence electrons. The lowest BCUT2D eigenvalue weighted by molar-refractivity contribution is -0.137. The van der Waals surface area contributed by atoms with Gasteiger partial charge in [0.05, 0.1) is 23.9 Å². The van der Waals surface area contributed by atoms with Crippen molar-refractivity contribution in [3.05, 3.63) is 52.5 Å². The average Bonchev–Trinajstić information content (AvgIpc) is 2.48. The second kappa shape index (κ2) is 6.37. The highest BCUT2D eigenvalue weighted by atomic mass is 35.5. The number of amides is 1. The Morgan fingerprint density at radius 2 is 1.91 bits per heavy atom. The van der Waals surface area contributed by atoms with Gasteiger partial charge in [0.25, 0.3) is 5.91 Å². The summed E-state index contributed by atoms with van der Waals surface area (Å²) in [6.45, 7) is 0. The number of aromatic hydroxyl groups is 1. The van der Waals surface area contributed by atoms with Crippen LogP contribution in [0.2, 0.25) is 5.02 Å². The van der Waals surface area contributed by atoms with E-state index in [1.54, 1.807) is 0 Å². The van der Waals surface area contributed by atoms with Crippen LogP contribution in [-0.2, 0) is 6.18 Å². The number of carbonyl (C=O) groups is 1. The van der Waals surface area contributed by atoms with Crippen molar-refractivity contribution in [3.63, 3.8) is 0 Å². The number of nitrogens with one attached hydrogen (secondary N) is 1. The smallest absolute Gasteiger partial charge is 0.416 e. The SMILES string of the molecule is COc1ccc(C(F)(F)F)cc1NC(=O)c1cc(Cl)ccc1O. The van der Waals surface area contributed by atoms with Gasteiger partial charge in [0.15, 0.2) is 0 Å². The van der Waals surface area contributed by atoms with Crippen molar-refractivity contribution in [2.45, 2.75) is 6.18 Å². The molecule has 0 bridgehead atoms. The molecule has 0 atom stereocenters. The van der Waals surface area contributed by atoms with Gasteiger partial charge in [-0.25, -0.2) is 0 Å². The van der Waals surface area contributed by atoms with Crippen LogP contribution in [0, 0.1) is 0 Å². The molecular formula is C15H11ClF3NO3. The summed E-state index contributed by atoms with van der Waals surface area (Å²) in [5, 5.41) is 12.1. The van der Waals surface area contributed by atoms with Gasteiger partial charge in [-0.1, -0.05) is 11.6 Å².